The summed E-state index contributed by atoms with van der Waals surface area (Å²) >= 11 is 6.11. The number of carboxylic acids is 4. The molecule has 2 heterocycles. The predicted octanol–water partition coefficient (Wildman–Crippen LogP) is 4.03. The summed E-state index contributed by atoms with van der Waals surface area (Å²) in [7, 11) is 0. The summed E-state index contributed by atoms with van der Waals surface area (Å²) in [6.45, 7) is 7.07. The van der Waals surface area contributed by atoms with Crippen LogP contribution in [0.1, 0.15) is 29.5 Å². The summed E-state index contributed by atoms with van der Waals surface area (Å²) in [5, 5.41) is 32.1. The standard InChI is InChI=1S/C22H27ClN2.2C4H4O4/c23-22-7-3-4-19(14-22)16-24-11-8-18(9-12-24)15-25-13-10-20-5-1-2-6-21(20)17-25;2*5-3(6)1-2-4(7)8/h1-7,14,18H,8-13,15-17H2;2*1-2H,(H,5,6)(H,7,8). The van der Waals surface area contributed by atoms with Crippen molar-refractivity contribution < 1.29 is 39.6 Å². The van der Waals surface area contributed by atoms with Crippen molar-refractivity contribution >= 4 is 35.5 Å². The molecule has 0 spiro atoms. The Morgan fingerprint density at radius 1 is 0.732 bits per heavy atom. The number of rotatable bonds is 8. The van der Waals surface area contributed by atoms with Crippen molar-refractivity contribution in [1.82, 2.24) is 9.80 Å². The number of aliphatic carboxylic acids is 4. The van der Waals surface area contributed by atoms with Crippen LogP contribution in [0.25, 0.3) is 0 Å². The van der Waals surface area contributed by atoms with Crippen LogP contribution in [0.2, 0.25) is 5.02 Å². The maximum atomic E-state index is 9.55. The van der Waals surface area contributed by atoms with Gasteiger partial charge < -0.3 is 20.4 Å². The van der Waals surface area contributed by atoms with E-state index in [9.17, 15) is 19.2 Å². The van der Waals surface area contributed by atoms with E-state index in [4.69, 9.17) is 32.0 Å². The fourth-order valence-corrected chi connectivity index (χ4v) is 4.79. The molecule has 0 bridgehead atoms. The first-order valence-electron chi connectivity index (χ1n) is 13.1. The lowest BCUT2D eigenvalue weighted by Crippen LogP contribution is -2.40. The SMILES string of the molecule is Clc1cccc(CN2CCC(CN3CCc4ccccc4C3)CC2)c1.O=C(O)C=CC(=O)O.O=C(O)C=CC(=O)O. The van der Waals surface area contributed by atoms with Gasteiger partial charge in [0.25, 0.3) is 0 Å². The molecule has 1 fully saturated rings. The van der Waals surface area contributed by atoms with Gasteiger partial charge in [0.05, 0.1) is 0 Å². The van der Waals surface area contributed by atoms with E-state index < -0.39 is 23.9 Å². The lowest BCUT2D eigenvalue weighted by Gasteiger charge is -2.36. The number of piperidine rings is 1. The summed E-state index contributed by atoms with van der Waals surface area (Å²) in [4.78, 5) is 43.5. The van der Waals surface area contributed by atoms with Crippen molar-refractivity contribution in [3.05, 3.63) is 94.5 Å². The second-order valence-electron chi connectivity index (χ2n) is 9.62. The highest BCUT2D eigenvalue weighted by Crippen LogP contribution is 2.24. The first-order chi connectivity index (χ1) is 19.5. The number of hydrogen-bond donors (Lipinski definition) is 4. The van der Waals surface area contributed by atoms with Gasteiger partial charge in [0.1, 0.15) is 0 Å². The summed E-state index contributed by atoms with van der Waals surface area (Å²) in [5.74, 6) is -4.18. The van der Waals surface area contributed by atoms with Crippen molar-refractivity contribution in [3.63, 3.8) is 0 Å². The molecule has 4 N–H and O–H groups in total. The molecule has 1 saturated heterocycles. The van der Waals surface area contributed by atoms with Gasteiger partial charge in [0, 0.05) is 55.5 Å². The highest BCUT2D eigenvalue weighted by atomic mass is 35.5. The molecule has 41 heavy (non-hydrogen) atoms. The molecule has 2 aliphatic heterocycles. The molecule has 220 valence electrons. The fraction of sp³-hybridized carbons (Fsp3) is 0.333. The molecule has 2 aromatic rings. The third kappa shape index (κ3) is 14.3. The molecule has 0 atom stereocenters. The van der Waals surface area contributed by atoms with Crippen molar-refractivity contribution in [2.45, 2.75) is 32.4 Å². The van der Waals surface area contributed by atoms with Gasteiger partial charge in [-0.2, -0.15) is 0 Å². The lowest BCUT2D eigenvalue weighted by atomic mass is 9.93. The van der Waals surface area contributed by atoms with Crippen LogP contribution in [-0.4, -0.2) is 80.3 Å². The van der Waals surface area contributed by atoms with E-state index in [-0.39, 0.29) is 0 Å². The van der Waals surface area contributed by atoms with Crippen LogP contribution in [0.15, 0.2) is 72.8 Å². The molecular formula is C30H35ClN2O8. The largest absolute Gasteiger partial charge is 0.478 e. The van der Waals surface area contributed by atoms with Gasteiger partial charge in [0.15, 0.2) is 0 Å². The minimum Gasteiger partial charge on any atom is -0.478 e. The van der Waals surface area contributed by atoms with Gasteiger partial charge in [-0.3, -0.25) is 9.80 Å². The number of benzene rings is 2. The molecule has 2 aliphatic rings. The van der Waals surface area contributed by atoms with E-state index in [1.165, 1.54) is 56.6 Å². The third-order valence-corrected chi connectivity index (χ3v) is 6.70. The Kier molecular flexibility index (Phi) is 14.3. The molecule has 10 nitrogen and oxygen atoms in total. The quantitative estimate of drug-likeness (QED) is 0.333. The Morgan fingerprint density at radius 3 is 1.78 bits per heavy atom. The van der Waals surface area contributed by atoms with Crippen LogP contribution < -0.4 is 0 Å². The summed E-state index contributed by atoms with van der Waals surface area (Å²) < 4.78 is 0. The Labute approximate surface area is 243 Å². The van der Waals surface area contributed by atoms with Gasteiger partial charge >= 0.3 is 23.9 Å². The van der Waals surface area contributed by atoms with E-state index in [1.54, 1.807) is 5.56 Å². The molecule has 4 rings (SSSR count). The topological polar surface area (TPSA) is 156 Å². The Balaban J connectivity index is 0.000000304. The molecular weight excluding hydrogens is 552 g/mol. The number of carbonyl (C=O) groups is 4. The van der Waals surface area contributed by atoms with Crippen molar-refractivity contribution in [2.24, 2.45) is 5.92 Å². The van der Waals surface area contributed by atoms with Crippen LogP contribution in [-0.2, 0) is 38.7 Å². The zero-order valence-electron chi connectivity index (χ0n) is 22.6. The molecule has 0 saturated carbocycles. The normalized spacial score (nSPS) is 15.7. The van der Waals surface area contributed by atoms with Gasteiger partial charge in [-0.25, -0.2) is 19.2 Å². The first kappa shape index (κ1) is 33.2. The number of hydrogen-bond acceptors (Lipinski definition) is 6. The molecule has 11 heteroatoms. The van der Waals surface area contributed by atoms with Gasteiger partial charge in [-0.15, -0.1) is 0 Å². The van der Waals surface area contributed by atoms with Crippen LogP contribution in [0.5, 0.6) is 0 Å². The number of nitrogens with zero attached hydrogens (tertiary/aromatic N) is 2. The number of halogens is 1. The van der Waals surface area contributed by atoms with Crippen molar-refractivity contribution in [3.8, 4) is 0 Å². The van der Waals surface area contributed by atoms with E-state index in [1.807, 2.05) is 6.07 Å². The smallest absolute Gasteiger partial charge is 0.328 e. The van der Waals surface area contributed by atoms with E-state index in [0.29, 0.717) is 24.3 Å². The molecule has 0 radical (unpaired) electrons. The number of carboxylic acid groups (broad SMARTS) is 4. The second-order valence-corrected chi connectivity index (χ2v) is 10.1. The van der Waals surface area contributed by atoms with Crippen LogP contribution in [0.4, 0.5) is 0 Å². The van der Waals surface area contributed by atoms with Gasteiger partial charge in [-0.05, 0) is 67.1 Å². The Morgan fingerprint density at radius 2 is 1.27 bits per heavy atom. The van der Waals surface area contributed by atoms with Crippen LogP contribution in [0, 0.1) is 5.92 Å². The zero-order chi connectivity index (χ0) is 30.2. The van der Waals surface area contributed by atoms with Crippen molar-refractivity contribution in [2.75, 3.05) is 26.2 Å². The van der Waals surface area contributed by atoms with Crippen LogP contribution >= 0.6 is 11.6 Å². The molecule has 0 aromatic heterocycles. The number of likely N-dealkylation sites (tertiary alicyclic amines) is 1. The maximum Gasteiger partial charge on any atom is 0.328 e. The van der Waals surface area contributed by atoms with Crippen molar-refractivity contribution in [1.29, 1.82) is 0 Å². The average Bonchev–Trinajstić information content (AvgIpc) is 2.92. The molecule has 2 aromatic carbocycles. The monoisotopic (exact) mass is 586 g/mol. The highest BCUT2D eigenvalue weighted by Gasteiger charge is 2.23. The second kappa shape index (κ2) is 17.6. The Bertz CT molecular complexity index is 1170. The first-order valence-corrected chi connectivity index (χ1v) is 13.4. The van der Waals surface area contributed by atoms with E-state index in [0.717, 1.165) is 24.0 Å². The molecule has 0 amide bonds. The minimum absolute atomic E-state index is 0.558. The minimum atomic E-state index is -1.26. The van der Waals surface area contributed by atoms with E-state index in [2.05, 4.69) is 52.3 Å². The summed E-state index contributed by atoms with van der Waals surface area (Å²) in [5.41, 5.74) is 4.42. The summed E-state index contributed by atoms with van der Waals surface area (Å²) in [6, 6.07) is 17.2. The molecule has 0 aliphatic carbocycles. The van der Waals surface area contributed by atoms with E-state index >= 15 is 0 Å². The van der Waals surface area contributed by atoms with Gasteiger partial charge in [-0.1, -0.05) is 48.0 Å². The Hall–Kier alpha value is -3.99. The highest BCUT2D eigenvalue weighted by molar-refractivity contribution is 6.30. The lowest BCUT2D eigenvalue weighted by molar-refractivity contribution is -0.134. The maximum absolute atomic E-state index is 9.55. The summed E-state index contributed by atoms with van der Waals surface area (Å²) in [6.07, 6.45) is 6.08. The van der Waals surface area contributed by atoms with Gasteiger partial charge in [0.2, 0.25) is 0 Å². The third-order valence-electron chi connectivity index (χ3n) is 6.47. The average molecular weight is 587 g/mol. The zero-order valence-corrected chi connectivity index (χ0v) is 23.3. The molecule has 0 unspecified atom stereocenters. The van der Waals surface area contributed by atoms with Crippen LogP contribution in [0.3, 0.4) is 0 Å². The number of fused-ring (bicyclic) bond motifs is 1. The fourth-order valence-electron chi connectivity index (χ4n) is 4.58. The predicted molar refractivity (Wildman–Crippen MR) is 154 cm³/mol.